The molecule has 45 heavy (non-hydrogen) atoms. The number of nitrogens with one attached hydrogen (secondary N) is 3. The van der Waals surface area contributed by atoms with E-state index in [1.54, 1.807) is 105 Å². The molecule has 0 radical (unpaired) electrons. The summed E-state index contributed by atoms with van der Waals surface area (Å²) in [6, 6.07) is 28.2. The van der Waals surface area contributed by atoms with Crippen molar-refractivity contribution in [3.63, 3.8) is 0 Å². The Balaban J connectivity index is 1.50. The standard InChI is InChI=1S/C35H35N3O6S/c1-5-32(35(41)37-29-19-18-27(43-3)22-31(29)44-4)45-28-13-9-12-25(21-28)36-34(40)30(20-23-14-16-26(42-2)17-15-23)38-33(39)24-10-7-6-8-11-24/h6-22,32H,5H2,1-4H3,(H,36,40)(H,37,41)(H,38,39)/b30-20+. The lowest BCUT2D eigenvalue weighted by Gasteiger charge is -2.17. The zero-order valence-electron chi connectivity index (χ0n) is 25.5. The molecule has 0 aliphatic carbocycles. The van der Waals surface area contributed by atoms with Crippen LogP contribution in [0, 0.1) is 0 Å². The lowest BCUT2D eigenvalue weighted by Crippen LogP contribution is -2.30. The molecule has 9 nitrogen and oxygen atoms in total. The molecule has 0 heterocycles. The highest BCUT2D eigenvalue weighted by Crippen LogP contribution is 2.32. The Kier molecular flexibility index (Phi) is 11.6. The summed E-state index contributed by atoms with van der Waals surface area (Å²) in [4.78, 5) is 40.5. The molecule has 4 rings (SSSR count). The quantitative estimate of drug-likeness (QED) is 0.113. The lowest BCUT2D eigenvalue weighted by molar-refractivity contribution is -0.116. The molecule has 1 atom stereocenters. The van der Waals surface area contributed by atoms with Crippen molar-refractivity contribution in [2.24, 2.45) is 0 Å². The van der Waals surface area contributed by atoms with E-state index in [-0.39, 0.29) is 11.6 Å². The summed E-state index contributed by atoms with van der Waals surface area (Å²) in [5, 5.41) is 8.15. The Bertz CT molecular complexity index is 1660. The fraction of sp³-hybridized carbons (Fsp3) is 0.171. The van der Waals surface area contributed by atoms with Crippen LogP contribution < -0.4 is 30.2 Å². The minimum Gasteiger partial charge on any atom is -0.497 e. The molecule has 0 bridgehead atoms. The smallest absolute Gasteiger partial charge is 0.272 e. The van der Waals surface area contributed by atoms with E-state index in [1.807, 2.05) is 19.1 Å². The second-order valence-electron chi connectivity index (χ2n) is 9.70. The number of thioether (sulfide) groups is 1. The molecule has 4 aromatic rings. The van der Waals surface area contributed by atoms with Crippen LogP contribution in [0.3, 0.4) is 0 Å². The van der Waals surface area contributed by atoms with Crippen LogP contribution in [0.4, 0.5) is 11.4 Å². The Morgan fingerprint density at radius 1 is 0.778 bits per heavy atom. The zero-order valence-corrected chi connectivity index (χ0v) is 26.3. The average molecular weight is 626 g/mol. The average Bonchev–Trinajstić information content (AvgIpc) is 3.07. The molecule has 0 aliphatic rings. The largest absolute Gasteiger partial charge is 0.497 e. The summed E-state index contributed by atoms with van der Waals surface area (Å²) in [6.45, 7) is 1.93. The molecule has 3 amide bonds. The number of carbonyl (C=O) groups is 3. The van der Waals surface area contributed by atoms with Gasteiger partial charge in [-0.2, -0.15) is 0 Å². The summed E-state index contributed by atoms with van der Waals surface area (Å²) >= 11 is 1.38. The van der Waals surface area contributed by atoms with Crippen LogP contribution in [0.15, 0.2) is 108 Å². The highest BCUT2D eigenvalue weighted by atomic mass is 32.2. The van der Waals surface area contributed by atoms with E-state index in [4.69, 9.17) is 14.2 Å². The van der Waals surface area contributed by atoms with Gasteiger partial charge in [-0.05, 0) is 72.7 Å². The monoisotopic (exact) mass is 625 g/mol. The van der Waals surface area contributed by atoms with Crippen LogP contribution >= 0.6 is 11.8 Å². The number of hydrogen-bond acceptors (Lipinski definition) is 7. The van der Waals surface area contributed by atoms with Crippen LogP contribution in [-0.4, -0.2) is 44.3 Å². The predicted octanol–water partition coefficient (Wildman–Crippen LogP) is 6.63. The summed E-state index contributed by atoms with van der Waals surface area (Å²) in [7, 11) is 4.66. The molecular formula is C35H35N3O6S. The first-order chi connectivity index (χ1) is 21.8. The zero-order chi connectivity index (χ0) is 32.2. The molecule has 3 N–H and O–H groups in total. The van der Waals surface area contributed by atoms with Gasteiger partial charge >= 0.3 is 0 Å². The maximum atomic E-state index is 13.5. The van der Waals surface area contributed by atoms with Gasteiger partial charge in [-0.15, -0.1) is 11.8 Å². The van der Waals surface area contributed by atoms with E-state index in [9.17, 15) is 14.4 Å². The van der Waals surface area contributed by atoms with E-state index in [1.165, 1.54) is 18.9 Å². The van der Waals surface area contributed by atoms with Crippen LogP contribution in [0.5, 0.6) is 17.2 Å². The van der Waals surface area contributed by atoms with Gasteiger partial charge in [0.1, 0.15) is 22.9 Å². The second-order valence-corrected chi connectivity index (χ2v) is 11.0. The Hall–Kier alpha value is -5.22. The molecule has 0 spiro atoms. The fourth-order valence-electron chi connectivity index (χ4n) is 4.26. The first-order valence-electron chi connectivity index (χ1n) is 14.2. The molecular weight excluding hydrogens is 590 g/mol. The number of benzene rings is 4. The van der Waals surface area contributed by atoms with Crippen LogP contribution in [0.2, 0.25) is 0 Å². The van der Waals surface area contributed by atoms with Crippen molar-refractivity contribution in [2.45, 2.75) is 23.5 Å². The highest BCUT2D eigenvalue weighted by Gasteiger charge is 2.21. The molecule has 1 unspecified atom stereocenters. The van der Waals surface area contributed by atoms with Crippen molar-refractivity contribution in [3.05, 3.63) is 114 Å². The number of hydrogen-bond donors (Lipinski definition) is 3. The summed E-state index contributed by atoms with van der Waals surface area (Å²) < 4.78 is 15.9. The van der Waals surface area contributed by atoms with E-state index in [0.717, 1.165) is 4.90 Å². The van der Waals surface area contributed by atoms with Gasteiger partial charge in [-0.3, -0.25) is 14.4 Å². The van der Waals surface area contributed by atoms with Gasteiger partial charge in [0.15, 0.2) is 0 Å². The Morgan fingerprint density at radius 3 is 2.16 bits per heavy atom. The van der Waals surface area contributed by atoms with Crippen LogP contribution in [0.25, 0.3) is 6.08 Å². The third-order valence-electron chi connectivity index (χ3n) is 6.66. The van der Waals surface area contributed by atoms with Gasteiger partial charge in [0, 0.05) is 22.2 Å². The molecule has 232 valence electrons. The number of ether oxygens (including phenoxy) is 3. The Labute approximate surface area is 267 Å². The number of amides is 3. The van der Waals surface area contributed by atoms with Crippen molar-refractivity contribution in [1.29, 1.82) is 0 Å². The Morgan fingerprint density at radius 2 is 1.49 bits per heavy atom. The van der Waals surface area contributed by atoms with Gasteiger partial charge in [-0.1, -0.05) is 43.3 Å². The van der Waals surface area contributed by atoms with Crippen molar-refractivity contribution in [2.75, 3.05) is 32.0 Å². The maximum Gasteiger partial charge on any atom is 0.272 e. The molecule has 4 aromatic carbocycles. The van der Waals surface area contributed by atoms with Crippen LogP contribution in [0.1, 0.15) is 29.3 Å². The fourth-order valence-corrected chi connectivity index (χ4v) is 5.27. The van der Waals surface area contributed by atoms with E-state index in [0.29, 0.717) is 46.2 Å². The third-order valence-corrected chi connectivity index (χ3v) is 8.01. The van der Waals surface area contributed by atoms with Crippen molar-refractivity contribution in [3.8, 4) is 17.2 Å². The molecule has 0 saturated carbocycles. The van der Waals surface area contributed by atoms with Crippen molar-refractivity contribution in [1.82, 2.24) is 5.32 Å². The van der Waals surface area contributed by atoms with Crippen molar-refractivity contribution < 1.29 is 28.6 Å². The molecule has 0 fully saturated rings. The first-order valence-corrected chi connectivity index (χ1v) is 15.0. The highest BCUT2D eigenvalue weighted by molar-refractivity contribution is 8.00. The van der Waals surface area contributed by atoms with Gasteiger partial charge in [0.25, 0.3) is 11.8 Å². The van der Waals surface area contributed by atoms with E-state index >= 15 is 0 Å². The lowest BCUT2D eigenvalue weighted by atomic mass is 10.1. The summed E-state index contributed by atoms with van der Waals surface area (Å²) in [5.41, 5.74) is 2.22. The normalized spacial score (nSPS) is 11.6. The van der Waals surface area contributed by atoms with E-state index in [2.05, 4.69) is 16.0 Å². The number of carbonyl (C=O) groups excluding carboxylic acids is 3. The van der Waals surface area contributed by atoms with Gasteiger partial charge < -0.3 is 30.2 Å². The van der Waals surface area contributed by atoms with Gasteiger partial charge in [0.05, 0.1) is 32.3 Å². The van der Waals surface area contributed by atoms with E-state index < -0.39 is 17.1 Å². The number of rotatable bonds is 13. The summed E-state index contributed by atoms with van der Waals surface area (Å²) in [6.07, 6.45) is 2.16. The second kappa shape index (κ2) is 16.0. The summed E-state index contributed by atoms with van der Waals surface area (Å²) in [5.74, 6) is 0.669. The maximum absolute atomic E-state index is 13.5. The SMILES string of the molecule is CCC(Sc1cccc(NC(=O)/C(=C\c2ccc(OC)cc2)NC(=O)c2ccccc2)c1)C(=O)Nc1ccc(OC)cc1OC. The van der Waals surface area contributed by atoms with Gasteiger partial charge in [0.2, 0.25) is 5.91 Å². The van der Waals surface area contributed by atoms with Gasteiger partial charge in [-0.25, -0.2) is 0 Å². The number of anilines is 2. The minimum atomic E-state index is -0.506. The first kappa shape index (κ1) is 32.7. The molecule has 0 aliphatic heterocycles. The molecule has 10 heteroatoms. The topological polar surface area (TPSA) is 115 Å². The predicted molar refractivity (Wildman–Crippen MR) is 178 cm³/mol. The third kappa shape index (κ3) is 9.14. The van der Waals surface area contributed by atoms with Crippen molar-refractivity contribution >= 4 is 46.9 Å². The number of methoxy groups -OCH3 is 3. The molecule has 0 aromatic heterocycles. The van der Waals surface area contributed by atoms with Crippen LogP contribution in [-0.2, 0) is 9.59 Å². The minimum absolute atomic E-state index is 0.0614. The molecule has 0 saturated heterocycles.